The van der Waals surface area contributed by atoms with Crippen molar-refractivity contribution in [3.8, 4) is 16.9 Å². The number of nitrogens with zero attached hydrogens (tertiary/aromatic N) is 4. The molecule has 0 fully saturated rings. The number of imidazole rings is 1. The number of fused-ring (bicyclic) bond motifs is 2. The van der Waals surface area contributed by atoms with E-state index in [2.05, 4.69) is 4.98 Å². The third kappa shape index (κ3) is 4.41. The molecule has 0 aliphatic carbocycles. The number of benzene rings is 2. The molecule has 0 amide bonds. The summed E-state index contributed by atoms with van der Waals surface area (Å²) in [6.45, 7) is -0.0409. The lowest BCUT2D eigenvalue weighted by Gasteiger charge is -2.18. The van der Waals surface area contributed by atoms with Crippen molar-refractivity contribution >= 4 is 28.0 Å². The normalized spacial score (nSPS) is 11.9. The number of halogens is 6. The van der Waals surface area contributed by atoms with Crippen molar-refractivity contribution in [2.24, 2.45) is 7.05 Å². The number of ketones is 1. The van der Waals surface area contributed by atoms with Gasteiger partial charge in [0.05, 0.1) is 23.1 Å². The van der Waals surface area contributed by atoms with Crippen LogP contribution in [0.15, 0.2) is 42.6 Å². The minimum Gasteiger partial charge on any atom is -0.494 e. The molecule has 0 aliphatic rings. The third-order valence-electron chi connectivity index (χ3n) is 6.72. The van der Waals surface area contributed by atoms with E-state index in [1.165, 1.54) is 30.9 Å². The first-order valence-electron chi connectivity index (χ1n) is 11.9. The molecule has 0 aliphatic heterocycles. The van der Waals surface area contributed by atoms with Gasteiger partial charge in [-0.3, -0.25) is 14.9 Å². The highest BCUT2D eigenvalue weighted by molar-refractivity contribution is 6.11. The van der Waals surface area contributed by atoms with Gasteiger partial charge in [-0.1, -0.05) is 6.07 Å². The molecule has 0 saturated carbocycles. The number of aryl methyl sites for hydroxylation is 1. The second-order valence-electron chi connectivity index (χ2n) is 9.11. The molecule has 0 saturated heterocycles. The monoisotopic (exact) mass is 592 g/mol. The van der Waals surface area contributed by atoms with Gasteiger partial charge in [-0.05, 0) is 24.3 Å². The molecule has 0 atom stereocenters. The fourth-order valence-electron chi connectivity index (χ4n) is 4.88. The number of nitro groups is 1. The standard InChI is InChI=1S/C27H18F6N4O5/c1-35-17-9-14(27(31,32)33)21(26(42-3)23(17)34-20(35)11-41-2)13-5-4-6-36-19(10-18(24(13)36)37(39)40)25(38)12-7-15(28)22(30)16(29)8-12/h4-10H,11H2,1-3H3. The number of carbonyl (C=O) groups is 1. The lowest BCUT2D eigenvalue weighted by atomic mass is 9.96. The summed E-state index contributed by atoms with van der Waals surface area (Å²) in [7, 11) is 3.98. The molecule has 0 unspecified atom stereocenters. The number of hydrogen-bond donors (Lipinski definition) is 0. The molecule has 0 N–H and O–H groups in total. The summed E-state index contributed by atoms with van der Waals surface area (Å²) in [5.74, 6) is -6.41. The van der Waals surface area contributed by atoms with Crippen molar-refractivity contribution in [3.05, 3.63) is 92.8 Å². The van der Waals surface area contributed by atoms with E-state index in [9.17, 15) is 41.3 Å². The van der Waals surface area contributed by atoms with Crippen LogP contribution in [0.3, 0.4) is 0 Å². The number of pyridine rings is 1. The first-order valence-corrected chi connectivity index (χ1v) is 11.9. The molecule has 0 bridgehead atoms. The molecular weight excluding hydrogens is 574 g/mol. The van der Waals surface area contributed by atoms with Gasteiger partial charge in [-0.15, -0.1) is 0 Å². The zero-order valence-electron chi connectivity index (χ0n) is 21.8. The molecule has 42 heavy (non-hydrogen) atoms. The van der Waals surface area contributed by atoms with Crippen LogP contribution in [0.1, 0.15) is 27.4 Å². The quantitative estimate of drug-likeness (QED) is 0.0731. The molecule has 3 aromatic heterocycles. The minimum atomic E-state index is -4.99. The molecule has 9 nitrogen and oxygen atoms in total. The van der Waals surface area contributed by atoms with Crippen LogP contribution in [-0.4, -0.2) is 38.9 Å². The Balaban J connectivity index is 1.88. The SMILES string of the molecule is COCc1nc2c(OC)c(-c3cccn4c(C(=O)c5cc(F)c(F)c(F)c5)cc([N+](=O)[O-])c34)c(C(F)(F)F)cc2n1C. The Labute approximate surface area is 231 Å². The molecule has 2 aromatic carbocycles. The van der Waals surface area contributed by atoms with Crippen LogP contribution in [0.4, 0.5) is 32.0 Å². The van der Waals surface area contributed by atoms with Gasteiger partial charge in [0.1, 0.15) is 29.2 Å². The molecule has 5 rings (SSSR count). The first kappa shape index (κ1) is 28.6. The Hall–Kier alpha value is -4.92. The maximum absolute atomic E-state index is 14.6. The van der Waals surface area contributed by atoms with Crippen molar-refractivity contribution in [1.82, 2.24) is 14.0 Å². The summed E-state index contributed by atoms with van der Waals surface area (Å²) in [4.78, 5) is 28.8. The largest absolute Gasteiger partial charge is 0.494 e. The number of methoxy groups -OCH3 is 2. The number of alkyl halides is 3. The van der Waals surface area contributed by atoms with Crippen LogP contribution in [0.25, 0.3) is 27.7 Å². The molecule has 3 heterocycles. The molecule has 15 heteroatoms. The summed E-state index contributed by atoms with van der Waals surface area (Å²) < 4.78 is 97.8. The average Bonchev–Trinajstić information content (AvgIpc) is 3.48. The van der Waals surface area contributed by atoms with Gasteiger partial charge in [0.15, 0.2) is 23.2 Å². The van der Waals surface area contributed by atoms with E-state index in [1.54, 1.807) is 0 Å². The van der Waals surface area contributed by atoms with E-state index < -0.39 is 67.9 Å². The highest BCUT2D eigenvalue weighted by Gasteiger charge is 2.39. The number of ether oxygens (including phenoxy) is 2. The molecule has 218 valence electrons. The maximum Gasteiger partial charge on any atom is 0.417 e. The highest BCUT2D eigenvalue weighted by Crippen LogP contribution is 2.48. The molecule has 5 aromatic rings. The fraction of sp³-hybridized carbons (Fsp3) is 0.185. The van der Waals surface area contributed by atoms with Gasteiger partial charge in [-0.25, -0.2) is 18.2 Å². The summed E-state index contributed by atoms with van der Waals surface area (Å²) in [6.07, 6.45) is -3.83. The predicted octanol–water partition coefficient (Wildman–Crippen LogP) is 6.22. The maximum atomic E-state index is 14.6. The Morgan fingerprint density at radius 1 is 1.10 bits per heavy atom. The average molecular weight is 592 g/mol. The van der Waals surface area contributed by atoms with Crippen molar-refractivity contribution < 1.29 is 45.5 Å². The number of aromatic nitrogens is 3. The smallest absolute Gasteiger partial charge is 0.417 e. The van der Waals surface area contributed by atoms with E-state index in [-0.39, 0.29) is 34.8 Å². The summed E-state index contributed by atoms with van der Waals surface area (Å²) in [5.41, 5.74) is -4.51. The van der Waals surface area contributed by atoms with Crippen molar-refractivity contribution in [2.45, 2.75) is 12.8 Å². The molecule has 0 radical (unpaired) electrons. The summed E-state index contributed by atoms with van der Waals surface area (Å²) in [5, 5.41) is 12.1. The topological polar surface area (TPSA) is 101 Å². The lowest BCUT2D eigenvalue weighted by molar-refractivity contribution is -0.383. The van der Waals surface area contributed by atoms with Crippen molar-refractivity contribution in [1.29, 1.82) is 0 Å². The molecule has 0 spiro atoms. The van der Waals surface area contributed by atoms with Gasteiger partial charge in [0, 0.05) is 43.1 Å². The molecular formula is C27H18F6N4O5. The van der Waals surface area contributed by atoms with Crippen LogP contribution in [0, 0.1) is 27.6 Å². The van der Waals surface area contributed by atoms with Crippen molar-refractivity contribution in [2.75, 3.05) is 14.2 Å². The van der Waals surface area contributed by atoms with Crippen LogP contribution < -0.4 is 4.74 Å². The predicted molar refractivity (Wildman–Crippen MR) is 136 cm³/mol. The van der Waals surface area contributed by atoms with Crippen LogP contribution in [-0.2, 0) is 24.6 Å². The van der Waals surface area contributed by atoms with E-state index in [4.69, 9.17) is 9.47 Å². The van der Waals surface area contributed by atoms with Gasteiger partial charge in [0.25, 0.3) is 5.69 Å². The zero-order valence-corrected chi connectivity index (χ0v) is 21.8. The Kier molecular flexibility index (Phi) is 6.92. The van der Waals surface area contributed by atoms with Crippen LogP contribution in [0.5, 0.6) is 5.75 Å². The highest BCUT2D eigenvalue weighted by atomic mass is 19.4. The van der Waals surface area contributed by atoms with Crippen LogP contribution >= 0.6 is 0 Å². The second kappa shape index (κ2) is 10.2. The zero-order chi connectivity index (χ0) is 30.7. The summed E-state index contributed by atoms with van der Waals surface area (Å²) >= 11 is 0. The Morgan fingerprint density at radius 3 is 2.33 bits per heavy atom. The van der Waals surface area contributed by atoms with E-state index in [0.717, 1.165) is 29.8 Å². The van der Waals surface area contributed by atoms with Crippen molar-refractivity contribution in [3.63, 3.8) is 0 Å². The lowest BCUT2D eigenvalue weighted by Crippen LogP contribution is -2.10. The Morgan fingerprint density at radius 2 is 1.76 bits per heavy atom. The van der Waals surface area contributed by atoms with Gasteiger partial charge >= 0.3 is 6.18 Å². The second-order valence-corrected chi connectivity index (χ2v) is 9.11. The number of carbonyl (C=O) groups excluding carboxylic acids is 1. The summed E-state index contributed by atoms with van der Waals surface area (Å²) in [6, 6.07) is 4.81. The van der Waals surface area contributed by atoms with Gasteiger partial charge < -0.3 is 18.4 Å². The number of rotatable bonds is 7. The van der Waals surface area contributed by atoms with Gasteiger partial charge in [0.2, 0.25) is 5.78 Å². The third-order valence-corrected chi connectivity index (χ3v) is 6.72. The fourth-order valence-corrected chi connectivity index (χ4v) is 4.88. The van der Waals surface area contributed by atoms with Crippen LogP contribution in [0.2, 0.25) is 0 Å². The van der Waals surface area contributed by atoms with E-state index >= 15 is 0 Å². The van der Waals surface area contributed by atoms with Gasteiger partial charge in [-0.2, -0.15) is 13.2 Å². The first-order chi connectivity index (χ1) is 19.8. The van der Waals surface area contributed by atoms with E-state index in [0.29, 0.717) is 12.1 Å². The van der Waals surface area contributed by atoms with E-state index in [1.807, 2.05) is 0 Å². The number of hydrogen-bond acceptors (Lipinski definition) is 6. The minimum absolute atomic E-state index is 0.0137. The Bertz CT molecular complexity index is 1910.